The van der Waals surface area contributed by atoms with Crippen LogP contribution >= 0.6 is 0 Å². The molecule has 5 heteroatoms. The predicted molar refractivity (Wildman–Crippen MR) is 88.2 cm³/mol. The molecule has 3 aliphatic heterocycles. The lowest BCUT2D eigenvalue weighted by atomic mass is 9.77. The Hall–Kier alpha value is -1.36. The summed E-state index contributed by atoms with van der Waals surface area (Å²) >= 11 is 0. The fourth-order valence-electron chi connectivity index (χ4n) is 4.91. The van der Waals surface area contributed by atoms with E-state index >= 15 is 0 Å². The van der Waals surface area contributed by atoms with Crippen LogP contribution in [-0.4, -0.2) is 47.7 Å². The van der Waals surface area contributed by atoms with Gasteiger partial charge < -0.3 is 14.4 Å². The summed E-state index contributed by atoms with van der Waals surface area (Å²) in [5.41, 5.74) is -0.590. The lowest BCUT2D eigenvalue weighted by molar-refractivity contribution is -0.154. The van der Waals surface area contributed by atoms with Crippen molar-refractivity contribution in [2.45, 2.75) is 69.6 Å². The number of rotatable bonds is 5. The van der Waals surface area contributed by atoms with Crippen molar-refractivity contribution >= 4 is 11.9 Å². The predicted octanol–water partition coefficient (Wildman–Crippen LogP) is 2.44. The van der Waals surface area contributed by atoms with E-state index in [2.05, 4.69) is 6.92 Å². The van der Waals surface area contributed by atoms with Gasteiger partial charge in [0.2, 0.25) is 5.91 Å². The molecule has 0 radical (unpaired) electrons. The average molecular weight is 333 g/mol. The maximum atomic E-state index is 13.1. The quantitative estimate of drug-likeness (QED) is 0.440. The highest BCUT2D eigenvalue weighted by Gasteiger charge is 2.67. The Kier molecular flexibility index (Phi) is 4.15. The van der Waals surface area contributed by atoms with Crippen molar-refractivity contribution in [3.05, 3.63) is 12.2 Å². The maximum absolute atomic E-state index is 13.1. The summed E-state index contributed by atoms with van der Waals surface area (Å²) < 4.78 is 11.6. The van der Waals surface area contributed by atoms with E-state index in [1.54, 1.807) is 0 Å². The van der Waals surface area contributed by atoms with Gasteiger partial charge in [0.15, 0.2) is 0 Å². The van der Waals surface area contributed by atoms with Crippen LogP contribution in [0.15, 0.2) is 12.2 Å². The largest absolute Gasteiger partial charge is 0.465 e. The lowest BCUT2D eigenvalue weighted by Gasteiger charge is -2.32. The van der Waals surface area contributed by atoms with Crippen LogP contribution in [0.4, 0.5) is 0 Å². The van der Waals surface area contributed by atoms with E-state index < -0.39 is 11.5 Å². The van der Waals surface area contributed by atoms with E-state index in [1.807, 2.05) is 17.1 Å². The highest BCUT2D eigenvalue weighted by Crippen LogP contribution is 2.53. The molecule has 0 aromatic carbocycles. The van der Waals surface area contributed by atoms with Crippen LogP contribution in [0.25, 0.3) is 0 Å². The minimum Gasteiger partial charge on any atom is -0.465 e. The molecule has 3 fully saturated rings. The number of carbonyl (C=O) groups excluding carboxylic acids is 2. The smallest absolute Gasteiger partial charge is 0.312 e. The zero-order valence-corrected chi connectivity index (χ0v) is 14.4. The standard InChI is InChI=1S/C19H27NO4/c1-2-3-11-23-18(22)15-14-9-10-19(24-14)12-20(17(21)16(15)19)13-7-5-4-6-8-13/h9-10,13-16H,2-8,11-12H2,1H3/t14-,15+,16-,19+/m1/s1. The van der Waals surface area contributed by atoms with Gasteiger partial charge in [-0.15, -0.1) is 0 Å². The summed E-state index contributed by atoms with van der Waals surface area (Å²) in [7, 11) is 0. The maximum Gasteiger partial charge on any atom is 0.312 e. The number of ether oxygens (including phenoxy) is 2. The third-order valence-electron chi connectivity index (χ3n) is 6.16. The molecular formula is C19H27NO4. The second-order valence-corrected chi connectivity index (χ2v) is 7.68. The molecule has 0 unspecified atom stereocenters. The topological polar surface area (TPSA) is 55.8 Å². The first-order valence-corrected chi connectivity index (χ1v) is 9.50. The Morgan fingerprint density at radius 1 is 1.38 bits per heavy atom. The Balaban J connectivity index is 1.52. The van der Waals surface area contributed by atoms with Gasteiger partial charge in [-0.2, -0.15) is 0 Å². The van der Waals surface area contributed by atoms with Gasteiger partial charge in [0.25, 0.3) is 0 Å². The number of likely N-dealkylation sites (tertiary alicyclic amines) is 1. The van der Waals surface area contributed by atoms with Crippen molar-refractivity contribution in [3.8, 4) is 0 Å². The van der Waals surface area contributed by atoms with Crippen LogP contribution in [0.3, 0.4) is 0 Å². The number of unbranched alkanes of at least 4 members (excludes halogenated alkanes) is 1. The van der Waals surface area contributed by atoms with Crippen molar-refractivity contribution in [2.24, 2.45) is 11.8 Å². The van der Waals surface area contributed by atoms with E-state index in [0.29, 0.717) is 19.2 Å². The molecule has 3 heterocycles. The molecule has 24 heavy (non-hydrogen) atoms. The van der Waals surface area contributed by atoms with Gasteiger partial charge in [0.05, 0.1) is 25.2 Å². The van der Waals surface area contributed by atoms with Crippen molar-refractivity contribution in [2.75, 3.05) is 13.2 Å². The molecule has 1 aliphatic carbocycles. The Bertz CT molecular complexity index is 554. The monoisotopic (exact) mass is 333 g/mol. The van der Waals surface area contributed by atoms with E-state index in [9.17, 15) is 9.59 Å². The van der Waals surface area contributed by atoms with Crippen LogP contribution in [0.1, 0.15) is 51.9 Å². The van der Waals surface area contributed by atoms with Crippen LogP contribution < -0.4 is 0 Å². The second kappa shape index (κ2) is 6.17. The first kappa shape index (κ1) is 16.1. The van der Waals surface area contributed by atoms with Crippen molar-refractivity contribution in [1.29, 1.82) is 0 Å². The molecule has 2 bridgehead atoms. The molecule has 0 aromatic heterocycles. The van der Waals surface area contributed by atoms with Gasteiger partial charge in [-0.25, -0.2) is 0 Å². The zero-order valence-electron chi connectivity index (χ0n) is 14.4. The normalized spacial score (nSPS) is 38.0. The fraction of sp³-hybridized carbons (Fsp3) is 0.789. The molecule has 1 saturated carbocycles. The average Bonchev–Trinajstić information content (AvgIpc) is 3.24. The molecule has 0 N–H and O–H groups in total. The van der Waals surface area contributed by atoms with Gasteiger partial charge in [0.1, 0.15) is 11.5 Å². The Morgan fingerprint density at radius 3 is 2.92 bits per heavy atom. The Labute approximate surface area is 143 Å². The number of carbonyl (C=O) groups is 2. The summed E-state index contributed by atoms with van der Waals surface area (Å²) in [5, 5.41) is 0. The molecule has 4 rings (SSSR count). The molecule has 132 valence electrons. The van der Waals surface area contributed by atoms with Gasteiger partial charge >= 0.3 is 5.97 Å². The third kappa shape index (κ3) is 2.40. The van der Waals surface area contributed by atoms with E-state index in [1.165, 1.54) is 19.3 Å². The summed E-state index contributed by atoms with van der Waals surface area (Å²) in [5.74, 6) is -1.01. The number of hydrogen-bond donors (Lipinski definition) is 0. The van der Waals surface area contributed by atoms with Gasteiger partial charge in [-0.05, 0) is 19.3 Å². The number of fused-ring (bicyclic) bond motifs is 1. The van der Waals surface area contributed by atoms with E-state index in [-0.39, 0.29) is 23.9 Å². The second-order valence-electron chi connectivity index (χ2n) is 7.68. The van der Waals surface area contributed by atoms with Crippen molar-refractivity contribution in [1.82, 2.24) is 4.90 Å². The molecule has 1 spiro atoms. The van der Waals surface area contributed by atoms with Crippen molar-refractivity contribution in [3.63, 3.8) is 0 Å². The first-order valence-electron chi connectivity index (χ1n) is 9.50. The first-order chi connectivity index (χ1) is 11.7. The minimum atomic E-state index is -0.590. The molecule has 4 aliphatic rings. The van der Waals surface area contributed by atoms with E-state index in [4.69, 9.17) is 9.47 Å². The van der Waals surface area contributed by atoms with Gasteiger partial charge in [-0.3, -0.25) is 9.59 Å². The molecule has 5 nitrogen and oxygen atoms in total. The fourth-order valence-corrected chi connectivity index (χ4v) is 4.91. The zero-order chi connectivity index (χ0) is 16.7. The summed E-state index contributed by atoms with van der Waals surface area (Å²) in [6, 6.07) is 0.319. The summed E-state index contributed by atoms with van der Waals surface area (Å²) in [6.45, 7) is 3.10. The van der Waals surface area contributed by atoms with Crippen LogP contribution in [0.5, 0.6) is 0 Å². The number of nitrogens with zero attached hydrogens (tertiary/aromatic N) is 1. The van der Waals surface area contributed by atoms with Crippen LogP contribution in [0, 0.1) is 11.8 Å². The summed E-state index contributed by atoms with van der Waals surface area (Å²) in [6.07, 6.45) is 11.3. The van der Waals surface area contributed by atoms with Crippen LogP contribution in [-0.2, 0) is 19.1 Å². The highest BCUT2D eigenvalue weighted by atomic mass is 16.6. The summed E-state index contributed by atoms with van der Waals surface area (Å²) in [4.78, 5) is 27.7. The molecular weight excluding hydrogens is 306 g/mol. The van der Waals surface area contributed by atoms with E-state index in [0.717, 1.165) is 25.7 Å². The lowest BCUT2D eigenvalue weighted by Crippen LogP contribution is -2.42. The SMILES string of the molecule is CCCCOC(=O)[C@H]1[C@H]2C=C[C@@]3(CN(C4CCCCC4)C(=O)[C@@H]13)O2. The minimum absolute atomic E-state index is 0.103. The molecule has 2 saturated heterocycles. The third-order valence-corrected chi connectivity index (χ3v) is 6.16. The highest BCUT2D eigenvalue weighted by molar-refractivity contribution is 5.91. The van der Waals surface area contributed by atoms with Crippen LogP contribution in [0.2, 0.25) is 0 Å². The number of hydrogen-bond acceptors (Lipinski definition) is 4. The van der Waals surface area contributed by atoms with Gasteiger partial charge in [-0.1, -0.05) is 44.8 Å². The van der Waals surface area contributed by atoms with Crippen molar-refractivity contribution < 1.29 is 19.1 Å². The molecule has 0 aromatic rings. The number of amides is 1. The molecule has 1 amide bonds. The Morgan fingerprint density at radius 2 is 2.17 bits per heavy atom. The number of esters is 1. The molecule has 4 atom stereocenters. The van der Waals surface area contributed by atoms with Gasteiger partial charge in [0, 0.05) is 6.04 Å².